The molecule has 20 heavy (non-hydrogen) atoms. The van der Waals surface area contributed by atoms with E-state index < -0.39 is 23.9 Å². The molecule has 0 spiro atoms. The van der Waals surface area contributed by atoms with Gasteiger partial charge in [0.25, 0.3) is 0 Å². The second-order valence-electron chi connectivity index (χ2n) is 4.83. The molecule has 7 heteroatoms. The number of rotatable bonds is 6. The predicted molar refractivity (Wildman–Crippen MR) is 68.7 cm³/mol. The third-order valence-corrected chi connectivity index (χ3v) is 3.34. The molecule has 114 valence electrons. The molecule has 0 unspecified atom stereocenters. The maximum Gasteiger partial charge on any atom is 0.328 e. The van der Waals surface area contributed by atoms with Gasteiger partial charge in [-0.2, -0.15) is 0 Å². The molecule has 0 aromatic rings. The first-order valence-electron chi connectivity index (χ1n) is 6.52. The lowest BCUT2D eigenvalue weighted by atomic mass is 9.97. The van der Waals surface area contributed by atoms with Gasteiger partial charge in [0.15, 0.2) is 0 Å². The van der Waals surface area contributed by atoms with E-state index in [1.807, 2.05) is 0 Å². The lowest BCUT2D eigenvalue weighted by molar-refractivity contribution is -0.149. The minimum Gasteiger partial charge on any atom is -0.469 e. The second-order valence-corrected chi connectivity index (χ2v) is 4.83. The molecule has 0 aromatic heterocycles. The largest absolute Gasteiger partial charge is 0.469 e. The number of carbonyl (C=O) groups excluding carboxylic acids is 3. The molecule has 1 rings (SSSR count). The number of carbonyl (C=O) groups is 3. The van der Waals surface area contributed by atoms with Crippen molar-refractivity contribution < 1.29 is 28.6 Å². The van der Waals surface area contributed by atoms with Gasteiger partial charge in [-0.05, 0) is 12.3 Å². The van der Waals surface area contributed by atoms with Crippen molar-refractivity contribution in [2.45, 2.75) is 25.8 Å². The molecule has 0 bridgehead atoms. The molecule has 1 aliphatic heterocycles. The van der Waals surface area contributed by atoms with Crippen molar-refractivity contribution in [3.63, 3.8) is 0 Å². The van der Waals surface area contributed by atoms with E-state index in [1.165, 1.54) is 14.2 Å². The summed E-state index contributed by atoms with van der Waals surface area (Å²) >= 11 is 0. The normalized spacial score (nSPS) is 20.9. The highest BCUT2D eigenvalue weighted by atomic mass is 16.5. The van der Waals surface area contributed by atoms with Gasteiger partial charge in [0.05, 0.1) is 33.2 Å². The first-order valence-corrected chi connectivity index (χ1v) is 6.52. The van der Waals surface area contributed by atoms with E-state index >= 15 is 0 Å². The van der Waals surface area contributed by atoms with Crippen LogP contribution < -0.4 is 5.32 Å². The van der Waals surface area contributed by atoms with Crippen LogP contribution in [0.4, 0.5) is 0 Å². The number of hydrogen-bond acceptors (Lipinski definition) is 6. The zero-order valence-corrected chi connectivity index (χ0v) is 12.0. The van der Waals surface area contributed by atoms with Crippen molar-refractivity contribution in [2.75, 3.05) is 27.4 Å². The summed E-state index contributed by atoms with van der Waals surface area (Å²) in [5, 5.41) is 2.64. The summed E-state index contributed by atoms with van der Waals surface area (Å²) in [7, 11) is 2.52. The van der Waals surface area contributed by atoms with E-state index in [9.17, 15) is 14.4 Å². The SMILES string of the molecule is COC(=O)C[C@H](C)[C@@H](NC(=O)[C@H]1CCOC1)C(=O)OC. The maximum absolute atomic E-state index is 12.0. The molecule has 0 aliphatic carbocycles. The Kier molecular flexibility index (Phi) is 6.44. The first kappa shape index (κ1) is 16.4. The standard InChI is InChI=1S/C13H21NO6/c1-8(6-10(15)18-2)11(13(17)19-3)14-12(16)9-4-5-20-7-9/h8-9,11H,4-7H2,1-3H3,(H,14,16)/t8-,9-,11+/m0/s1. The van der Waals surface area contributed by atoms with E-state index in [4.69, 9.17) is 4.74 Å². The minimum atomic E-state index is -0.868. The van der Waals surface area contributed by atoms with Crippen LogP contribution in [0, 0.1) is 11.8 Å². The lowest BCUT2D eigenvalue weighted by Gasteiger charge is -2.23. The van der Waals surface area contributed by atoms with Crippen LogP contribution in [-0.2, 0) is 28.6 Å². The zero-order valence-electron chi connectivity index (χ0n) is 12.0. The summed E-state index contributed by atoms with van der Waals surface area (Å²) in [5.74, 6) is -1.94. The van der Waals surface area contributed by atoms with Crippen LogP contribution in [0.15, 0.2) is 0 Å². The quantitative estimate of drug-likeness (QED) is 0.685. The van der Waals surface area contributed by atoms with Gasteiger partial charge in [-0.1, -0.05) is 6.92 Å². The number of methoxy groups -OCH3 is 2. The summed E-state index contributed by atoms with van der Waals surface area (Å²) in [6.45, 7) is 2.58. The fraction of sp³-hybridized carbons (Fsp3) is 0.769. The van der Waals surface area contributed by atoms with Gasteiger partial charge >= 0.3 is 11.9 Å². The molecular weight excluding hydrogens is 266 g/mol. The average Bonchev–Trinajstić information content (AvgIpc) is 2.97. The third-order valence-electron chi connectivity index (χ3n) is 3.34. The van der Waals surface area contributed by atoms with Gasteiger partial charge in [0, 0.05) is 6.61 Å². The zero-order chi connectivity index (χ0) is 15.1. The molecule has 1 aliphatic rings. The van der Waals surface area contributed by atoms with Crippen LogP contribution in [0.5, 0.6) is 0 Å². The molecule has 7 nitrogen and oxygen atoms in total. The van der Waals surface area contributed by atoms with Crippen LogP contribution in [0.25, 0.3) is 0 Å². The van der Waals surface area contributed by atoms with Gasteiger partial charge in [-0.25, -0.2) is 4.79 Å². The monoisotopic (exact) mass is 287 g/mol. The fourth-order valence-corrected chi connectivity index (χ4v) is 2.04. The van der Waals surface area contributed by atoms with E-state index in [-0.39, 0.29) is 18.2 Å². The lowest BCUT2D eigenvalue weighted by Crippen LogP contribution is -2.48. The highest BCUT2D eigenvalue weighted by Crippen LogP contribution is 2.15. The van der Waals surface area contributed by atoms with Crippen molar-refractivity contribution >= 4 is 17.8 Å². The molecule has 1 N–H and O–H groups in total. The van der Waals surface area contributed by atoms with Gasteiger partial charge in [0.2, 0.25) is 5.91 Å². The van der Waals surface area contributed by atoms with E-state index in [0.717, 1.165) is 0 Å². The number of hydrogen-bond donors (Lipinski definition) is 1. The van der Waals surface area contributed by atoms with Crippen molar-refractivity contribution in [1.82, 2.24) is 5.32 Å². The predicted octanol–water partition coefficient (Wildman–Crippen LogP) is -0.120. The van der Waals surface area contributed by atoms with Gasteiger partial charge in [-0.3, -0.25) is 9.59 Å². The third kappa shape index (κ3) is 4.48. The topological polar surface area (TPSA) is 90.9 Å². The highest BCUT2D eigenvalue weighted by Gasteiger charge is 2.32. The van der Waals surface area contributed by atoms with Crippen molar-refractivity contribution in [2.24, 2.45) is 11.8 Å². The molecule has 1 saturated heterocycles. The van der Waals surface area contributed by atoms with E-state index in [0.29, 0.717) is 19.6 Å². The number of amides is 1. The Hall–Kier alpha value is -1.63. The minimum absolute atomic E-state index is 0.0255. The Bertz CT molecular complexity index is 364. The Morgan fingerprint density at radius 1 is 1.30 bits per heavy atom. The Morgan fingerprint density at radius 3 is 2.50 bits per heavy atom. The Morgan fingerprint density at radius 2 is 2.00 bits per heavy atom. The fourth-order valence-electron chi connectivity index (χ4n) is 2.04. The van der Waals surface area contributed by atoms with Crippen molar-refractivity contribution in [3.05, 3.63) is 0 Å². The Labute approximate surface area is 117 Å². The smallest absolute Gasteiger partial charge is 0.328 e. The van der Waals surface area contributed by atoms with Crippen LogP contribution in [0.2, 0.25) is 0 Å². The molecular formula is C13H21NO6. The molecule has 3 atom stereocenters. The molecule has 1 fully saturated rings. The summed E-state index contributed by atoms with van der Waals surface area (Å²) in [6, 6.07) is -0.868. The maximum atomic E-state index is 12.0. The number of nitrogens with one attached hydrogen (secondary N) is 1. The van der Waals surface area contributed by atoms with E-state index in [2.05, 4.69) is 14.8 Å². The van der Waals surface area contributed by atoms with Crippen LogP contribution in [0.3, 0.4) is 0 Å². The van der Waals surface area contributed by atoms with Gasteiger partial charge in [0.1, 0.15) is 6.04 Å². The molecule has 0 aromatic carbocycles. The summed E-state index contributed by atoms with van der Waals surface area (Å²) in [4.78, 5) is 35.0. The van der Waals surface area contributed by atoms with Crippen LogP contribution in [0.1, 0.15) is 19.8 Å². The summed E-state index contributed by atoms with van der Waals surface area (Å²) in [5.41, 5.74) is 0. The van der Waals surface area contributed by atoms with Crippen molar-refractivity contribution in [3.8, 4) is 0 Å². The summed E-state index contributed by atoms with van der Waals surface area (Å²) < 4.78 is 14.4. The van der Waals surface area contributed by atoms with Gasteiger partial charge in [-0.15, -0.1) is 0 Å². The van der Waals surface area contributed by atoms with E-state index in [1.54, 1.807) is 6.92 Å². The second kappa shape index (κ2) is 7.84. The molecule has 0 saturated carbocycles. The van der Waals surface area contributed by atoms with Crippen LogP contribution >= 0.6 is 0 Å². The molecule has 1 amide bonds. The number of ether oxygens (including phenoxy) is 3. The Balaban J connectivity index is 2.65. The highest BCUT2D eigenvalue weighted by molar-refractivity contribution is 5.86. The van der Waals surface area contributed by atoms with Crippen LogP contribution in [-0.4, -0.2) is 51.3 Å². The number of esters is 2. The molecule has 1 heterocycles. The average molecular weight is 287 g/mol. The van der Waals surface area contributed by atoms with Gasteiger partial charge < -0.3 is 19.5 Å². The van der Waals surface area contributed by atoms with Crippen molar-refractivity contribution in [1.29, 1.82) is 0 Å². The summed E-state index contributed by atoms with van der Waals surface area (Å²) in [6.07, 6.45) is 0.656. The first-order chi connectivity index (χ1) is 9.49. The molecule has 0 radical (unpaired) electrons.